The monoisotopic (exact) mass is 184 g/mol. The zero-order valence-corrected chi connectivity index (χ0v) is 8.01. The summed E-state index contributed by atoms with van der Waals surface area (Å²) >= 11 is 5.64. The SMILES string of the molecule is CCCCCc1ccnc(Cl)n1. The van der Waals surface area contributed by atoms with Gasteiger partial charge in [-0.25, -0.2) is 9.97 Å². The number of hydrogen-bond donors (Lipinski definition) is 0. The summed E-state index contributed by atoms with van der Waals surface area (Å²) in [5.41, 5.74) is 1.04. The molecule has 1 rings (SSSR count). The molecule has 12 heavy (non-hydrogen) atoms. The fourth-order valence-electron chi connectivity index (χ4n) is 1.06. The number of unbranched alkanes of at least 4 members (excludes halogenated alkanes) is 2. The van der Waals surface area contributed by atoms with E-state index in [9.17, 15) is 0 Å². The summed E-state index contributed by atoms with van der Waals surface area (Å²) in [7, 11) is 0. The number of halogens is 1. The number of aryl methyl sites for hydroxylation is 1. The highest BCUT2D eigenvalue weighted by atomic mass is 35.5. The Morgan fingerprint density at radius 3 is 2.92 bits per heavy atom. The fraction of sp³-hybridized carbons (Fsp3) is 0.556. The minimum absolute atomic E-state index is 0.351. The molecule has 0 spiro atoms. The molecule has 0 amide bonds. The molecule has 0 fully saturated rings. The molecular weight excluding hydrogens is 172 g/mol. The van der Waals surface area contributed by atoms with Gasteiger partial charge in [-0.2, -0.15) is 0 Å². The number of nitrogens with zero attached hydrogens (tertiary/aromatic N) is 2. The van der Waals surface area contributed by atoms with Gasteiger partial charge < -0.3 is 0 Å². The van der Waals surface area contributed by atoms with Crippen LogP contribution in [0.1, 0.15) is 31.9 Å². The Hall–Kier alpha value is -0.630. The first kappa shape index (κ1) is 9.46. The molecule has 0 aliphatic heterocycles. The van der Waals surface area contributed by atoms with E-state index in [-0.39, 0.29) is 0 Å². The highest BCUT2D eigenvalue weighted by Crippen LogP contribution is 2.05. The zero-order valence-electron chi connectivity index (χ0n) is 7.26. The van der Waals surface area contributed by atoms with E-state index in [1.54, 1.807) is 6.20 Å². The van der Waals surface area contributed by atoms with Crippen LogP contribution in [0.2, 0.25) is 5.28 Å². The van der Waals surface area contributed by atoms with Gasteiger partial charge in [-0.15, -0.1) is 0 Å². The Morgan fingerprint density at radius 1 is 1.42 bits per heavy atom. The largest absolute Gasteiger partial charge is 0.227 e. The fourth-order valence-corrected chi connectivity index (χ4v) is 1.23. The van der Waals surface area contributed by atoms with Crippen molar-refractivity contribution in [3.05, 3.63) is 23.2 Å². The molecule has 0 unspecified atom stereocenters. The Bertz CT molecular complexity index is 238. The van der Waals surface area contributed by atoms with E-state index in [2.05, 4.69) is 16.9 Å². The van der Waals surface area contributed by atoms with Crippen molar-refractivity contribution in [2.24, 2.45) is 0 Å². The van der Waals surface area contributed by atoms with E-state index < -0.39 is 0 Å². The third-order valence-corrected chi connectivity index (χ3v) is 1.90. The van der Waals surface area contributed by atoms with E-state index in [4.69, 9.17) is 11.6 Å². The summed E-state index contributed by atoms with van der Waals surface area (Å²) in [4.78, 5) is 7.92. The number of hydrogen-bond acceptors (Lipinski definition) is 2. The lowest BCUT2D eigenvalue weighted by molar-refractivity contribution is 0.706. The molecule has 0 saturated carbocycles. The average Bonchev–Trinajstić information content (AvgIpc) is 2.05. The van der Waals surface area contributed by atoms with Crippen LogP contribution in [0, 0.1) is 0 Å². The van der Waals surface area contributed by atoms with Crippen molar-refractivity contribution in [2.75, 3.05) is 0 Å². The van der Waals surface area contributed by atoms with Crippen LogP contribution < -0.4 is 0 Å². The quantitative estimate of drug-likeness (QED) is 0.531. The van der Waals surface area contributed by atoms with Crippen LogP contribution >= 0.6 is 11.6 Å². The van der Waals surface area contributed by atoms with Crippen molar-refractivity contribution >= 4 is 11.6 Å². The molecule has 0 aliphatic rings. The molecule has 0 bridgehead atoms. The van der Waals surface area contributed by atoms with Crippen molar-refractivity contribution in [1.29, 1.82) is 0 Å². The van der Waals surface area contributed by atoms with Gasteiger partial charge in [0.1, 0.15) is 0 Å². The summed E-state index contributed by atoms with van der Waals surface area (Å²) in [5, 5.41) is 0.351. The molecule has 0 atom stereocenters. The molecule has 0 N–H and O–H groups in total. The van der Waals surface area contributed by atoms with Crippen LogP contribution in [0.15, 0.2) is 12.3 Å². The first-order valence-electron chi connectivity index (χ1n) is 4.30. The molecule has 0 aliphatic carbocycles. The molecule has 3 heteroatoms. The second kappa shape index (κ2) is 5.09. The third-order valence-electron chi connectivity index (χ3n) is 1.72. The van der Waals surface area contributed by atoms with Gasteiger partial charge in [0.2, 0.25) is 5.28 Å². The number of rotatable bonds is 4. The molecular formula is C9H13ClN2. The molecule has 0 radical (unpaired) electrons. The van der Waals surface area contributed by atoms with E-state index in [1.165, 1.54) is 19.3 Å². The third kappa shape index (κ3) is 3.18. The maximum Gasteiger partial charge on any atom is 0.222 e. The van der Waals surface area contributed by atoms with Gasteiger partial charge in [-0.3, -0.25) is 0 Å². The maximum absolute atomic E-state index is 5.64. The van der Waals surface area contributed by atoms with Gasteiger partial charge in [0.25, 0.3) is 0 Å². The van der Waals surface area contributed by atoms with Gasteiger partial charge in [-0.05, 0) is 30.5 Å². The van der Waals surface area contributed by atoms with Crippen molar-refractivity contribution in [3.63, 3.8) is 0 Å². The first-order valence-corrected chi connectivity index (χ1v) is 4.68. The van der Waals surface area contributed by atoms with E-state index in [0.29, 0.717) is 5.28 Å². The summed E-state index contributed by atoms with van der Waals surface area (Å²) < 4.78 is 0. The van der Waals surface area contributed by atoms with Crippen LogP contribution in [0.4, 0.5) is 0 Å². The Balaban J connectivity index is 2.41. The van der Waals surface area contributed by atoms with Crippen molar-refractivity contribution in [2.45, 2.75) is 32.6 Å². The van der Waals surface area contributed by atoms with Crippen LogP contribution in [0.3, 0.4) is 0 Å². The second-order valence-corrected chi connectivity index (χ2v) is 3.11. The Kier molecular flexibility index (Phi) is 4.01. The van der Waals surface area contributed by atoms with Gasteiger partial charge >= 0.3 is 0 Å². The van der Waals surface area contributed by atoms with Crippen LogP contribution in [-0.2, 0) is 6.42 Å². The predicted molar refractivity (Wildman–Crippen MR) is 50.3 cm³/mol. The lowest BCUT2D eigenvalue weighted by Crippen LogP contribution is -1.91. The lowest BCUT2D eigenvalue weighted by Gasteiger charge is -1.98. The maximum atomic E-state index is 5.64. The van der Waals surface area contributed by atoms with E-state index in [1.807, 2.05) is 6.07 Å². The average molecular weight is 185 g/mol. The van der Waals surface area contributed by atoms with Crippen molar-refractivity contribution in [1.82, 2.24) is 9.97 Å². The first-order chi connectivity index (χ1) is 5.83. The van der Waals surface area contributed by atoms with E-state index >= 15 is 0 Å². The number of aromatic nitrogens is 2. The Labute approximate surface area is 78.0 Å². The highest BCUT2D eigenvalue weighted by Gasteiger charge is 1.95. The minimum atomic E-state index is 0.351. The van der Waals surface area contributed by atoms with Crippen molar-refractivity contribution < 1.29 is 0 Å². The Morgan fingerprint density at radius 2 is 2.25 bits per heavy atom. The normalized spacial score (nSPS) is 10.2. The zero-order chi connectivity index (χ0) is 8.81. The van der Waals surface area contributed by atoms with Crippen LogP contribution in [-0.4, -0.2) is 9.97 Å². The summed E-state index contributed by atoms with van der Waals surface area (Å²) in [5.74, 6) is 0. The van der Waals surface area contributed by atoms with Gasteiger partial charge in [0, 0.05) is 11.9 Å². The van der Waals surface area contributed by atoms with Gasteiger partial charge in [-0.1, -0.05) is 19.8 Å². The molecule has 1 aromatic rings. The van der Waals surface area contributed by atoms with Crippen LogP contribution in [0.5, 0.6) is 0 Å². The standard InChI is InChI=1S/C9H13ClN2/c1-2-3-4-5-8-6-7-11-9(10)12-8/h6-7H,2-5H2,1H3. The minimum Gasteiger partial charge on any atom is -0.227 e. The topological polar surface area (TPSA) is 25.8 Å². The summed E-state index contributed by atoms with van der Waals surface area (Å²) in [6, 6.07) is 1.92. The lowest BCUT2D eigenvalue weighted by atomic mass is 10.1. The molecule has 2 nitrogen and oxygen atoms in total. The molecule has 0 aromatic carbocycles. The van der Waals surface area contributed by atoms with Crippen LogP contribution in [0.25, 0.3) is 0 Å². The summed E-state index contributed by atoms with van der Waals surface area (Å²) in [6.45, 7) is 2.19. The molecule has 66 valence electrons. The summed E-state index contributed by atoms with van der Waals surface area (Å²) in [6.07, 6.45) is 6.39. The highest BCUT2D eigenvalue weighted by molar-refractivity contribution is 6.28. The smallest absolute Gasteiger partial charge is 0.222 e. The second-order valence-electron chi connectivity index (χ2n) is 2.77. The molecule has 0 saturated heterocycles. The predicted octanol–water partition coefficient (Wildman–Crippen LogP) is 2.86. The van der Waals surface area contributed by atoms with Gasteiger partial charge in [0.15, 0.2) is 0 Å². The van der Waals surface area contributed by atoms with Crippen molar-refractivity contribution in [3.8, 4) is 0 Å². The molecule has 1 heterocycles. The molecule has 1 aromatic heterocycles. The van der Waals surface area contributed by atoms with Gasteiger partial charge in [0.05, 0.1) is 0 Å². The van der Waals surface area contributed by atoms with E-state index in [0.717, 1.165) is 12.1 Å².